The van der Waals surface area contributed by atoms with Crippen molar-refractivity contribution >= 4 is 28.1 Å². The fraction of sp³-hybridized carbons (Fsp3) is 0.214. The summed E-state index contributed by atoms with van der Waals surface area (Å²) in [5, 5.41) is 7.96. The maximum atomic E-state index is 12.0. The molecule has 0 bridgehead atoms. The SMILES string of the molecule is COc1ccc(OC)c(/C=N/NC(=O)c2nn(C)cc2Br)c1. The zero-order valence-corrected chi connectivity index (χ0v) is 13.9. The number of aromatic nitrogens is 2. The van der Waals surface area contributed by atoms with Gasteiger partial charge in [-0.1, -0.05) is 0 Å². The molecule has 1 amide bonds. The van der Waals surface area contributed by atoms with Crippen molar-refractivity contribution in [3.63, 3.8) is 0 Å². The summed E-state index contributed by atoms with van der Waals surface area (Å²) in [5.74, 6) is 0.879. The Labute approximate surface area is 136 Å². The molecule has 0 saturated carbocycles. The lowest BCUT2D eigenvalue weighted by molar-refractivity contribution is 0.0948. The molecule has 0 saturated heterocycles. The monoisotopic (exact) mass is 366 g/mol. The Morgan fingerprint density at radius 2 is 2.18 bits per heavy atom. The van der Waals surface area contributed by atoms with Crippen LogP contribution in [0.25, 0.3) is 0 Å². The molecule has 22 heavy (non-hydrogen) atoms. The number of hydrogen-bond donors (Lipinski definition) is 1. The molecule has 0 atom stereocenters. The van der Waals surface area contributed by atoms with Gasteiger partial charge in [-0.15, -0.1) is 0 Å². The van der Waals surface area contributed by atoms with Crippen molar-refractivity contribution in [3.8, 4) is 11.5 Å². The Morgan fingerprint density at radius 3 is 2.77 bits per heavy atom. The van der Waals surface area contributed by atoms with Gasteiger partial charge in [-0.3, -0.25) is 9.48 Å². The molecule has 7 nitrogen and oxygen atoms in total. The number of hydrazone groups is 1. The number of benzene rings is 1. The second kappa shape index (κ2) is 7.08. The van der Waals surface area contributed by atoms with Gasteiger partial charge in [0.25, 0.3) is 5.91 Å². The summed E-state index contributed by atoms with van der Waals surface area (Å²) < 4.78 is 12.5. The Kier molecular flexibility index (Phi) is 5.16. The van der Waals surface area contributed by atoms with Gasteiger partial charge < -0.3 is 9.47 Å². The van der Waals surface area contributed by atoms with Crippen molar-refractivity contribution in [1.29, 1.82) is 0 Å². The molecular formula is C14H15BrN4O3. The van der Waals surface area contributed by atoms with Crippen LogP contribution in [-0.4, -0.2) is 36.1 Å². The molecule has 8 heteroatoms. The number of nitrogens with zero attached hydrogens (tertiary/aromatic N) is 3. The van der Waals surface area contributed by atoms with Crippen LogP contribution < -0.4 is 14.9 Å². The van der Waals surface area contributed by atoms with Gasteiger partial charge in [0.15, 0.2) is 5.69 Å². The highest BCUT2D eigenvalue weighted by atomic mass is 79.9. The van der Waals surface area contributed by atoms with Crippen molar-refractivity contribution in [2.24, 2.45) is 12.1 Å². The van der Waals surface area contributed by atoms with E-state index >= 15 is 0 Å². The van der Waals surface area contributed by atoms with Crippen LogP contribution in [0.3, 0.4) is 0 Å². The molecule has 1 N–H and O–H groups in total. The van der Waals surface area contributed by atoms with Gasteiger partial charge in [0, 0.05) is 18.8 Å². The first-order valence-corrected chi connectivity index (χ1v) is 7.09. The first kappa shape index (κ1) is 16.0. The smallest absolute Gasteiger partial charge is 0.293 e. The van der Waals surface area contributed by atoms with Gasteiger partial charge in [0.05, 0.1) is 24.9 Å². The molecule has 1 aromatic carbocycles. The Bertz CT molecular complexity index is 712. The molecule has 1 aromatic heterocycles. The van der Waals surface area contributed by atoms with Crippen molar-refractivity contribution in [2.75, 3.05) is 14.2 Å². The average Bonchev–Trinajstić information content (AvgIpc) is 2.85. The van der Waals surface area contributed by atoms with Gasteiger partial charge in [-0.25, -0.2) is 5.43 Å². The third-order valence-corrected chi connectivity index (χ3v) is 3.39. The molecule has 0 spiro atoms. The first-order valence-electron chi connectivity index (χ1n) is 6.29. The van der Waals surface area contributed by atoms with Crippen molar-refractivity contribution in [1.82, 2.24) is 15.2 Å². The number of aryl methyl sites for hydroxylation is 1. The number of hydrogen-bond acceptors (Lipinski definition) is 5. The molecule has 0 unspecified atom stereocenters. The number of nitrogens with one attached hydrogen (secondary N) is 1. The zero-order chi connectivity index (χ0) is 16.1. The number of methoxy groups -OCH3 is 2. The molecule has 0 radical (unpaired) electrons. The largest absolute Gasteiger partial charge is 0.497 e. The average molecular weight is 367 g/mol. The van der Waals surface area contributed by atoms with E-state index < -0.39 is 5.91 Å². The fourth-order valence-corrected chi connectivity index (χ4v) is 2.32. The van der Waals surface area contributed by atoms with E-state index in [1.807, 2.05) is 0 Å². The summed E-state index contributed by atoms with van der Waals surface area (Å²) in [5.41, 5.74) is 3.36. The van der Waals surface area contributed by atoms with Crippen molar-refractivity contribution in [3.05, 3.63) is 40.1 Å². The Hall–Kier alpha value is -2.35. The predicted molar refractivity (Wildman–Crippen MR) is 85.5 cm³/mol. The van der Waals surface area contributed by atoms with E-state index in [1.54, 1.807) is 45.7 Å². The number of rotatable bonds is 5. The standard InChI is InChI=1S/C14H15BrN4O3/c1-19-8-11(15)13(18-19)14(20)17-16-7-9-6-10(21-2)4-5-12(9)22-3/h4-8H,1-3H3,(H,17,20)/b16-7+. The highest BCUT2D eigenvalue weighted by molar-refractivity contribution is 9.10. The lowest BCUT2D eigenvalue weighted by Crippen LogP contribution is -2.19. The topological polar surface area (TPSA) is 77.7 Å². The molecule has 0 aliphatic rings. The molecule has 0 aliphatic heterocycles. The summed E-state index contributed by atoms with van der Waals surface area (Å²) in [6.07, 6.45) is 3.17. The van der Waals surface area contributed by atoms with Crippen LogP contribution in [0.15, 0.2) is 34.0 Å². The van der Waals surface area contributed by atoms with E-state index in [0.29, 0.717) is 21.5 Å². The van der Waals surface area contributed by atoms with Gasteiger partial charge in [-0.2, -0.15) is 10.2 Å². The normalized spacial score (nSPS) is 10.7. The summed E-state index contributed by atoms with van der Waals surface area (Å²) in [6.45, 7) is 0. The van der Waals surface area contributed by atoms with Crippen LogP contribution in [0.5, 0.6) is 11.5 Å². The minimum atomic E-state index is -0.411. The quantitative estimate of drug-likeness (QED) is 0.648. The second-order valence-corrected chi connectivity index (χ2v) is 5.16. The number of amides is 1. The Balaban J connectivity index is 2.12. The van der Waals surface area contributed by atoms with E-state index in [2.05, 4.69) is 31.6 Å². The lowest BCUT2D eigenvalue weighted by atomic mass is 10.2. The van der Waals surface area contributed by atoms with E-state index in [4.69, 9.17) is 9.47 Å². The summed E-state index contributed by atoms with van der Waals surface area (Å²) in [6, 6.07) is 5.29. The number of ether oxygens (including phenoxy) is 2. The third-order valence-electron chi connectivity index (χ3n) is 2.81. The number of halogens is 1. The van der Waals surface area contributed by atoms with E-state index in [1.165, 1.54) is 10.9 Å². The van der Waals surface area contributed by atoms with Crippen LogP contribution in [0.1, 0.15) is 16.1 Å². The van der Waals surface area contributed by atoms with Crippen LogP contribution >= 0.6 is 15.9 Å². The third kappa shape index (κ3) is 3.64. The summed E-state index contributed by atoms with van der Waals surface area (Å²) in [7, 11) is 4.86. The predicted octanol–water partition coefficient (Wildman–Crippen LogP) is 1.96. The maximum Gasteiger partial charge on any atom is 0.293 e. The lowest BCUT2D eigenvalue weighted by Gasteiger charge is -2.06. The van der Waals surface area contributed by atoms with Crippen LogP contribution in [0.2, 0.25) is 0 Å². The summed E-state index contributed by atoms with van der Waals surface area (Å²) in [4.78, 5) is 12.0. The van der Waals surface area contributed by atoms with Gasteiger partial charge in [0.2, 0.25) is 0 Å². The zero-order valence-electron chi connectivity index (χ0n) is 12.3. The number of carbonyl (C=O) groups excluding carboxylic acids is 1. The van der Waals surface area contributed by atoms with Crippen LogP contribution in [-0.2, 0) is 7.05 Å². The molecule has 0 fully saturated rings. The minimum absolute atomic E-state index is 0.261. The maximum absolute atomic E-state index is 12.0. The van der Waals surface area contributed by atoms with Crippen molar-refractivity contribution in [2.45, 2.75) is 0 Å². The highest BCUT2D eigenvalue weighted by Gasteiger charge is 2.13. The molecule has 116 valence electrons. The van der Waals surface area contributed by atoms with Crippen LogP contribution in [0.4, 0.5) is 0 Å². The van der Waals surface area contributed by atoms with E-state index in [0.717, 1.165) is 0 Å². The van der Waals surface area contributed by atoms with Gasteiger partial charge >= 0.3 is 0 Å². The summed E-state index contributed by atoms with van der Waals surface area (Å²) >= 11 is 3.26. The highest BCUT2D eigenvalue weighted by Crippen LogP contribution is 2.22. The minimum Gasteiger partial charge on any atom is -0.497 e. The molecule has 1 heterocycles. The number of carbonyl (C=O) groups is 1. The molecule has 2 aromatic rings. The van der Waals surface area contributed by atoms with Crippen LogP contribution in [0, 0.1) is 0 Å². The van der Waals surface area contributed by atoms with Crippen molar-refractivity contribution < 1.29 is 14.3 Å². The first-order chi connectivity index (χ1) is 10.5. The van der Waals surface area contributed by atoms with E-state index in [-0.39, 0.29) is 5.69 Å². The van der Waals surface area contributed by atoms with E-state index in [9.17, 15) is 4.79 Å². The molecule has 2 rings (SSSR count). The molecular weight excluding hydrogens is 352 g/mol. The second-order valence-electron chi connectivity index (χ2n) is 4.31. The fourth-order valence-electron chi connectivity index (χ4n) is 1.77. The van der Waals surface area contributed by atoms with Gasteiger partial charge in [0.1, 0.15) is 11.5 Å². The van der Waals surface area contributed by atoms with Gasteiger partial charge in [-0.05, 0) is 34.1 Å². The molecule has 0 aliphatic carbocycles. The Morgan fingerprint density at radius 1 is 1.41 bits per heavy atom.